The molecule has 2 amide bonds. The van der Waals surface area contributed by atoms with Crippen LogP contribution in [0.2, 0.25) is 0 Å². The minimum Gasteiger partial charge on any atom is -0.496 e. The summed E-state index contributed by atoms with van der Waals surface area (Å²) in [6.07, 6.45) is 0. The van der Waals surface area contributed by atoms with Crippen LogP contribution < -0.4 is 14.5 Å². The Bertz CT molecular complexity index is 1420. The van der Waals surface area contributed by atoms with E-state index in [0.717, 1.165) is 28.0 Å². The molecule has 1 saturated heterocycles. The van der Waals surface area contributed by atoms with Gasteiger partial charge in [-0.05, 0) is 37.3 Å². The zero-order valence-corrected chi connectivity index (χ0v) is 20.9. The lowest BCUT2D eigenvalue weighted by Crippen LogP contribution is -2.33. The molecular weight excluding hydrogens is 507 g/mol. The number of rotatable bonds is 6. The summed E-state index contributed by atoms with van der Waals surface area (Å²) in [4.78, 5) is 53.9. The number of carbonyl (C=O) groups is 3. The number of amides is 2. The fraction of sp³-hybridized carbons (Fsp3) is 0.280. The first-order chi connectivity index (χ1) is 17.3. The molecule has 3 unspecified atom stereocenters. The number of aromatic nitrogens is 1. The lowest BCUT2D eigenvalue weighted by atomic mass is 9.82. The number of fused-ring (bicyclic) bond motifs is 2. The van der Waals surface area contributed by atoms with Gasteiger partial charge in [0, 0.05) is 16.4 Å². The third-order valence-corrected chi connectivity index (χ3v) is 8.80. The molecular formula is C25H21FN2O6S2. The maximum atomic E-state index is 13.8. The number of anilines is 1. The summed E-state index contributed by atoms with van der Waals surface area (Å²) in [7, 11) is 1.51. The average molecular weight is 529 g/mol. The second kappa shape index (κ2) is 9.55. The largest absolute Gasteiger partial charge is 0.496 e. The molecule has 3 heterocycles. The van der Waals surface area contributed by atoms with Crippen LogP contribution in [0.1, 0.15) is 23.3 Å². The highest BCUT2D eigenvalue weighted by atomic mass is 32.2. The molecule has 2 aliphatic heterocycles. The Balaban J connectivity index is 1.67. The lowest BCUT2D eigenvalue weighted by Gasteiger charge is -2.31. The molecule has 0 aliphatic carbocycles. The number of methoxy groups -OCH3 is 1. The van der Waals surface area contributed by atoms with Crippen LogP contribution in [0.15, 0.2) is 58.4 Å². The minimum absolute atomic E-state index is 0.168. The number of hydrogen-bond acceptors (Lipinski definition) is 8. The van der Waals surface area contributed by atoms with Gasteiger partial charge in [-0.25, -0.2) is 9.29 Å². The van der Waals surface area contributed by atoms with Gasteiger partial charge >= 0.3 is 10.8 Å². The summed E-state index contributed by atoms with van der Waals surface area (Å²) in [5.74, 6) is -2.94. The summed E-state index contributed by atoms with van der Waals surface area (Å²) in [6, 6.07) is 12.3. The lowest BCUT2D eigenvalue weighted by molar-refractivity contribution is -0.144. The highest BCUT2D eigenvalue weighted by Gasteiger charge is 2.57. The first-order valence-electron chi connectivity index (χ1n) is 11.2. The van der Waals surface area contributed by atoms with Crippen molar-refractivity contribution in [3.63, 3.8) is 0 Å². The number of imide groups is 1. The van der Waals surface area contributed by atoms with Crippen molar-refractivity contribution in [2.75, 3.05) is 18.6 Å². The number of halogens is 1. The van der Waals surface area contributed by atoms with E-state index < -0.39 is 40.7 Å². The number of nitrogens with zero attached hydrogens (tertiary/aromatic N) is 2. The maximum absolute atomic E-state index is 13.8. The fourth-order valence-corrected chi connectivity index (χ4v) is 7.46. The summed E-state index contributed by atoms with van der Waals surface area (Å²) >= 11 is 2.04. The Hall–Kier alpha value is -3.44. The second-order valence-corrected chi connectivity index (χ2v) is 10.3. The van der Waals surface area contributed by atoms with Crippen LogP contribution >= 0.6 is 23.1 Å². The summed E-state index contributed by atoms with van der Waals surface area (Å²) in [6.45, 7) is 1.54. The number of benzene rings is 2. The van der Waals surface area contributed by atoms with Gasteiger partial charge < -0.3 is 9.47 Å². The average Bonchev–Trinajstić information content (AvgIpc) is 3.31. The number of hydrogen-bond donors (Lipinski definition) is 0. The molecule has 1 fully saturated rings. The number of thiazole rings is 1. The van der Waals surface area contributed by atoms with Gasteiger partial charge in [-0.1, -0.05) is 41.3 Å². The van der Waals surface area contributed by atoms with E-state index in [4.69, 9.17) is 9.47 Å². The molecule has 0 N–H and O–H groups in total. The molecule has 0 radical (unpaired) electrons. The second-order valence-electron chi connectivity index (χ2n) is 8.20. The SMILES string of the molecule is CCOC(=O)Cn1c2c(sc1=O)C(c1ccccc1OC)C1C(=O)N(c3ccc(F)cc3)C(=O)C1S2. The predicted molar refractivity (Wildman–Crippen MR) is 132 cm³/mol. The third kappa shape index (κ3) is 3.92. The van der Waals surface area contributed by atoms with E-state index in [1.807, 2.05) is 0 Å². The molecule has 3 aromatic rings. The van der Waals surface area contributed by atoms with Gasteiger partial charge in [-0.15, -0.1) is 0 Å². The highest BCUT2D eigenvalue weighted by Crippen LogP contribution is 2.55. The van der Waals surface area contributed by atoms with Crippen molar-refractivity contribution in [1.29, 1.82) is 0 Å². The van der Waals surface area contributed by atoms with Gasteiger partial charge in [-0.2, -0.15) is 0 Å². The van der Waals surface area contributed by atoms with E-state index in [1.54, 1.807) is 31.2 Å². The third-order valence-electron chi connectivity index (χ3n) is 6.20. The normalized spacial score (nSPS) is 20.8. The number of thioether (sulfide) groups is 1. The van der Waals surface area contributed by atoms with Crippen LogP contribution in [0.5, 0.6) is 5.75 Å². The quantitative estimate of drug-likeness (QED) is 0.357. The molecule has 11 heteroatoms. The monoisotopic (exact) mass is 528 g/mol. The molecule has 5 rings (SSSR count). The Labute approximate surface area is 213 Å². The Morgan fingerprint density at radius 1 is 1.06 bits per heavy atom. The van der Waals surface area contributed by atoms with E-state index in [1.165, 1.54) is 35.9 Å². The summed E-state index contributed by atoms with van der Waals surface area (Å²) in [5, 5.41) is -0.398. The van der Waals surface area contributed by atoms with Gasteiger partial charge in [0.05, 0.1) is 30.3 Å². The molecule has 1 aromatic heterocycles. The first-order valence-corrected chi connectivity index (χ1v) is 12.9. The van der Waals surface area contributed by atoms with Crippen LogP contribution in [-0.2, 0) is 25.7 Å². The van der Waals surface area contributed by atoms with Crippen molar-refractivity contribution < 1.29 is 28.2 Å². The fourth-order valence-electron chi connectivity index (χ4n) is 4.69. The molecule has 0 saturated carbocycles. The zero-order chi connectivity index (χ0) is 25.6. The van der Waals surface area contributed by atoms with Gasteiger partial charge in [0.15, 0.2) is 0 Å². The summed E-state index contributed by atoms with van der Waals surface area (Å²) < 4.78 is 25.4. The Kier molecular flexibility index (Phi) is 6.44. The molecule has 0 bridgehead atoms. The standard InChI is InChI=1S/C25H21FN2O6S2/c1-3-34-17(29)12-27-24-21(36-25(27)32)18(15-6-4-5-7-16(15)33-2)19-20(35-24)23(31)28(22(19)30)14-10-8-13(26)9-11-14/h4-11,18-20H,3,12H2,1-2H3. The maximum Gasteiger partial charge on any atom is 0.326 e. The summed E-state index contributed by atoms with van der Waals surface area (Å²) in [5.41, 5.74) is 0.927. The van der Waals surface area contributed by atoms with Crippen molar-refractivity contribution in [2.24, 2.45) is 5.92 Å². The minimum atomic E-state index is -0.854. The van der Waals surface area contributed by atoms with E-state index in [0.29, 0.717) is 21.2 Å². The molecule has 8 nitrogen and oxygen atoms in total. The molecule has 0 spiro atoms. The van der Waals surface area contributed by atoms with Crippen LogP contribution in [0.3, 0.4) is 0 Å². The molecule has 36 heavy (non-hydrogen) atoms. The number of ether oxygens (including phenoxy) is 2. The number of para-hydroxylation sites is 1. The molecule has 2 aromatic carbocycles. The first kappa shape index (κ1) is 24.3. The number of esters is 1. The van der Waals surface area contributed by atoms with Crippen molar-refractivity contribution in [3.8, 4) is 5.75 Å². The van der Waals surface area contributed by atoms with Crippen LogP contribution in [0.4, 0.5) is 10.1 Å². The van der Waals surface area contributed by atoms with Gasteiger partial charge in [0.25, 0.3) is 0 Å². The van der Waals surface area contributed by atoms with E-state index >= 15 is 0 Å². The zero-order valence-electron chi connectivity index (χ0n) is 19.3. The van der Waals surface area contributed by atoms with Crippen LogP contribution in [-0.4, -0.2) is 41.3 Å². The van der Waals surface area contributed by atoms with E-state index in [9.17, 15) is 23.6 Å². The van der Waals surface area contributed by atoms with Gasteiger partial charge in [0.1, 0.15) is 23.4 Å². The Morgan fingerprint density at radius 2 is 1.78 bits per heavy atom. The van der Waals surface area contributed by atoms with Crippen LogP contribution in [0.25, 0.3) is 0 Å². The van der Waals surface area contributed by atoms with Crippen molar-refractivity contribution >= 4 is 46.6 Å². The molecule has 3 atom stereocenters. The highest BCUT2D eigenvalue weighted by molar-refractivity contribution is 8.00. The van der Waals surface area contributed by atoms with Gasteiger partial charge in [-0.3, -0.25) is 23.7 Å². The van der Waals surface area contributed by atoms with Crippen molar-refractivity contribution in [1.82, 2.24) is 4.57 Å². The molecule has 186 valence electrons. The smallest absolute Gasteiger partial charge is 0.326 e. The van der Waals surface area contributed by atoms with E-state index in [2.05, 4.69) is 0 Å². The van der Waals surface area contributed by atoms with E-state index in [-0.39, 0.29) is 23.7 Å². The van der Waals surface area contributed by atoms with Crippen molar-refractivity contribution in [2.45, 2.75) is 29.7 Å². The Morgan fingerprint density at radius 3 is 2.47 bits per heavy atom. The predicted octanol–water partition coefficient (Wildman–Crippen LogP) is 3.42. The molecule has 2 aliphatic rings. The topological polar surface area (TPSA) is 94.9 Å². The van der Waals surface area contributed by atoms with Gasteiger partial charge in [0.2, 0.25) is 11.8 Å². The number of carbonyl (C=O) groups excluding carboxylic acids is 3. The van der Waals surface area contributed by atoms with Crippen LogP contribution in [0, 0.1) is 11.7 Å². The van der Waals surface area contributed by atoms with Crippen molar-refractivity contribution in [3.05, 3.63) is 74.5 Å².